The Bertz CT molecular complexity index is 1020. The summed E-state index contributed by atoms with van der Waals surface area (Å²) in [4.78, 5) is 12.5. The summed E-state index contributed by atoms with van der Waals surface area (Å²) in [5, 5.41) is 11.2. The Kier molecular flexibility index (Phi) is 8.34. The molecular formula is C24H28FN3O. The molecule has 1 amide bonds. The van der Waals surface area contributed by atoms with E-state index in [-0.39, 0.29) is 11.7 Å². The summed E-state index contributed by atoms with van der Waals surface area (Å²) in [6.45, 7) is 7.59. The highest BCUT2D eigenvalue weighted by molar-refractivity contribution is 6.06. The van der Waals surface area contributed by atoms with Crippen LogP contribution in [0.15, 0.2) is 66.5 Å². The van der Waals surface area contributed by atoms with Gasteiger partial charge in [-0.2, -0.15) is 5.10 Å². The molecule has 0 saturated heterocycles. The van der Waals surface area contributed by atoms with E-state index in [2.05, 4.69) is 15.5 Å². The number of aromatic amines is 1. The first kappa shape index (κ1) is 22.1. The smallest absolute Gasteiger partial charge is 0.255 e. The number of benzene rings is 2. The summed E-state index contributed by atoms with van der Waals surface area (Å²) in [6, 6.07) is 13.1. The van der Waals surface area contributed by atoms with Crippen molar-refractivity contribution in [3.63, 3.8) is 0 Å². The number of hydrogen-bond acceptors (Lipinski definition) is 2. The number of carbonyl (C=O) groups excluding carboxylic acids is 1. The van der Waals surface area contributed by atoms with Crippen LogP contribution in [-0.4, -0.2) is 16.1 Å². The number of nitrogens with zero attached hydrogens (tertiary/aromatic N) is 1. The third-order valence-corrected chi connectivity index (χ3v) is 4.40. The highest BCUT2D eigenvalue weighted by atomic mass is 19.1. The summed E-state index contributed by atoms with van der Waals surface area (Å²) in [5.41, 5.74) is 4.04. The van der Waals surface area contributed by atoms with E-state index in [0.29, 0.717) is 24.1 Å². The average molecular weight is 394 g/mol. The summed E-state index contributed by atoms with van der Waals surface area (Å²) < 4.78 is 13.1. The number of halogens is 1. The maximum absolute atomic E-state index is 13.1. The number of H-pyrrole nitrogens is 1. The van der Waals surface area contributed by atoms with Crippen LogP contribution < -0.4 is 5.32 Å². The second-order valence-electron chi connectivity index (χ2n) is 6.32. The Morgan fingerprint density at radius 3 is 2.66 bits per heavy atom. The van der Waals surface area contributed by atoms with Crippen LogP contribution in [0, 0.1) is 6.92 Å². The Morgan fingerprint density at radius 2 is 1.93 bits per heavy atom. The van der Waals surface area contributed by atoms with Crippen LogP contribution in [0.1, 0.15) is 48.8 Å². The molecule has 4 nitrogen and oxygen atoms in total. The largest absolute Gasteiger partial charge is 0.322 e. The van der Waals surface area contributed by atoms with Gasteiger partial charge >= 0.3 is 0 Å². The van der Waals surface area contributed by atoms with Crippen LogP contribution in [0.4, 0.5) is 10.1 Å². The molecule has 0 aliphatic carbocycles. The van der Waals surface area contributed by atoms with Gasteiger partial charge in [0.25, 0.3) is 5.91 Å². The molecule has 0 atom stereocenters. The summed E-state index contributed by atoms with van der Waals surface area (Å²) >= 11 is 0. The minimum atomic E-state index is -0.151. The van der Waals surface area contributed by atoms with Crippen molar-refractivity contribution in [3.8, 4) is 0 Å². The van der Waals surface area contributed by atoms with Crippen molar-refractivity contribution in [3.05, 3.63) is 83.3 Å². The summed E-state index contributed by atoms with van der Waals surface area (Å²) in [7, 11) is 0. The van der Waals surface area contributed by atoms with Crippen molar-refractivity contribution in [2.45, 2.75) is 40.5 Å². The molecule has 2 aromatic carbocycles. The van der Waals surface area contributed by atoms with Gasteiger partial charge in [-0.15, -0.1) is 0 Å². The van der Waals surface area contributed by atoms with Gasteiger partial charge in [-0.05, 0) is 43.7 Å². The quantitative estimate of drug-likeness (QED) is 0.469. The summed E-state index contributed by atoms with van der Waals surface area (Å²) in [5.74, 6) is -0.291. The number of aromatic nitrogens is 2. The Morgan fingerprint density at radius 1 is 1.17 bits per heavy atom. The minimum absolute atomic E-state index is 0.140. The first-order chi connectivity index (χ1) is 14.1. The van der Waals surface area contributed by atoms with E-state index in [0.717, 1.165) is 22.2 Å². The monoisotopic (exact) mass is 393 g/mol. The molecule has 0 bridgehead atoms. The SMILES string of the molecule is C/C=C(/F)C/C=C\Cc1[nH]nc2ccc(NC(=O)c3ccccc3C)cc12.CC. The van der Waals surface area contributed by atoms with E-state index in [1.165, 1.54) is 6.08 Å². The highest BCUT2D eigenvalue weighted by Crippen LogP contribution is 2.22. The van der Waals surface area contributed by atoms with Gasteiger partial charge in [-0.25, -0.2) is 4.39 Å². The average Bonchev–Trinajstić information content (AvgIpc) is 3.15. The third-order valence-electron chi connectivity index (χ3n) is 4.40. The van der Waals surface area contributed by atoms with E-state index in [9.17, 15) is 9.18 Å². The Balaban J connectivity index is 0.00000145. The maximum atomic E-state index is 13.1. The first-order valence-electron chi connectivity index (χ1n) is 9.88. The van der Waals surface area contributed by atoms with Gasteiger partial charge in [-0.1, -0.05) is 50.3 Å². The van der Waals surface area contributed by atoms with Gasteiger partial charge in [0.1, 0.15) is 0 Å². The van der Waals surface area contributed by atoms with Crippen LogP contribution in [0.25, 0.3) is 10.9 Å². The fourth-order valence-corrected chi connectivity index (χ4v) is 2.84. The molecule has 5 heteroatoms. The minimum Gasteiger partial charge on any atom is -0.322 e. The van der Waals surface area contributed by atoms with Crippen molar-refractivity contribution in [1.29, 1.82) is 0 Å². The van der Waals surface area contributed by atoms with E-state index in [1.54, 1.807) is 19.1 Å². The van der Waals surface area contributed by atoms with Gasteiger partial charge in [0, 0.05) is 35.2 Å². The van der Waals surface area contributed by atoms with Crippen molar-refractivity contribution in [2.24, 2.45) is 0 Å². The van der Waals surface area contributed by atoms with Crippen LogP contribution in [0.2, 0.25) is 0 Å². The number of fused-ring (bicyclic) bond motifs is 1. The molecule has 0 spiro atoms. The number of rotatable bonds is 6. The predicted octanol–water partition coefficient (Wildman–Crippen LogP) is 6.51. The lowest BCUT2D eigenvalue weighted by molar-refractivity contribution is 0.102. The molecule has 3 aromatic rings. The zero-order chi connectivity index (χ0) is 21.2. The normalized spacial score (nSPS) is 11.4. The topological polar surface area (TPSA) is 57.8 Å². The zero-order valence-corrected chi connectivity index (χ0v) is 17.4. The van der Waals surface area contributed by atoms with E-state index in [4.69, 9.17) is 0 Å². The third kappa shape index (κ3) is 5.88. The highest BCUT2D eigenvalue weighted by Gasteiger charge is 2.10. The Labute approximate surface area is 171 Å². The van der Waals surface area contributed by atoms with E-state index >= 15 is 0 Å². The number of aryl methyl sites for hydroxylation is 1. The molecule has 152 valence electrons. The lowest BCUT2D eigenvalue weighted by Crippen LogP contribution is -2.13. The lowest BCUT2D eigenvalue weighted by atomic mass is 10.1. The van der Waals surface area contributed by atoms with Crippen LogP contribution in [-0.2, 0) is 6.42 Å². The molecule has 29 heavy (non-hydrogen) atoms. The molecule has 0 aliphatic rings. The molecule has 1 aromatic heterocycles. The van der Waals surface area contributed by atoms with Gasteiger partial charge in [-0.3, -0.25) is 9.89 Å². The predicted molar refractivity (Wildman–Crippen MR) is 119 cm³/mol. The zero-order valence-electron chi connectivity index (χ0n) is 17.4. The molecule has 2 N–H and O–H groups in total. The van der Waals surface area contributed by atoms with E-state index < -0.39 is 0 Å². The molecule has 3 rings (SSSR count). The molecular weight excluding hydrogens is 365 g/mol. The van der Waals surface area contributed by atoms with Crippen LogP contribution in [0.5, 0.6) is 0 Å². The number of carbonyl (C=O) groups is 1. The fraction of sp³-hybridized carbons (Fsp3) is 0.250. The van der Waals surface area contributed by atoms with Crippen molar-refractivity contribution in [1.82, 2.24) is 10.2 Å². The van der Waals surface area contributed by atoms with Gasteiger partial charge < -0.3 is 5.32 Å². The number of nitrogens with one attached hydrogen (secondary N) is 2. The maximum Gasteiger partial charge on any atom is 0.255 e. The van der Waals surface area contributed by atoms with Gasteiger partial charge in [0.2, 0.25) is 0 Å². The van der Waals surface area contributed by atoms with Crippen LogP contribution >= 0.6 is 0 Å². The number of hydrogen-bond donors (Lipinski definition) is 2. The molecule has 0 saturated carbocycles. The Hall–Kier alpha value is -3.21. The molecule has 1 heterocycles. The number of anilines is 1. The van der Waals surface area contributed by atoms with Crippen molar-refractivity contribution >= 4 is 22.5 Å². The molecule has 0 fully saturated rings. The fourth-order valence-electron chi connectivity index (χ4n) is 2.84. The van der Waals surface area contributed by atoms with Gasteiger partial charge in [0.05, 0.1) is 11.3 Å². The second-order valence-corrected chi connectivity index (χ2v) is 6.32. The van der Waals surface area contributed by atoms with Crippen molar-refractivity contribution < 1.29 is 9.18 Å². The van der Waals surface area contributed by atoms with Gasteiger partial charge in [0.15, 0.2) is 0 Å². The number of amides is 1. The van der Waals surface area contributed by atoms with E-state index in [1.807, 2.05) is 63.2 Å². The number of allylic oxidation sites excluding steroid dienone is 4. The molecule has 0 aliphatic heterocycles. The molecule has 0 radical (unpaired) electrons. The molecule has 0 unspecified atom stereocenters. The first-order valence-corrected chi connectivity index (χ1v) is 9.88. The van der Waals surface area contributed by atoms with Crippen molar-refractivity contribution in [2.75, 3.05) is 5.32 Å². The van der Waals surface area contributed by atoms with Crippen LogP contribution in [0.3, 0.4) is 0 Å². The summed E-state index contributed by atoms with van der Waals surface area (Å²) in [6.07, 6.45) is 6.07. The standard InChI is InChI=1S/C22H22FN3O.C2H6/c1-3-16(23)9-5-7-11-20-19-14-17(12-13-21(19)26-25-20)24-22(27)18-10-6-4-8-15(18)2;1-2/h3-8,10,12-14H,9,11H2,1-2H3,(H,24,27)(H,25,26);1-2H3/b7-5-,16-3+;. The second kappa shape index (κ2) is 11.0. The lowest BCUT2D eigenvalue weighted by Gasteiger charge is -2.07.